The molecule has 0 radical (unpaired) electrons. The smallest absolute Gasteiger partial charge is 0.348 e. The number of aromatic nitrogens is 2. The topological polar surface area (TPSA) is 96.2 Å². The number of aromatic carboxylic acids is 1. The standard InChI is InChI=1S/C24H16N2O4/c1-13-10-11-16-19(12-13)30-24(29)21(22-25-17-8-4-5-9-18(17)26-22)20(16)14-6-2-3-7-15(14)23(27)28/h2-12H,1H3,(H,25,26)(H,27,28). The van der Waals surface area contributed by atoms with Crippen LogP contribution in [0.4, 0.5) is 0 Å². The molecule has 6 heteroatoms. The van der Waals surface area contributed by atoms with E-state index in [4.69, 9.17) is 4.42 Å². The molecule has 146 valence electrons. The molecule has 0 saturated heterocycles. The van der Waals surface area contributed by atoms with Crippen LogP contribution in [0.2, 0.25) is 0 Å². The highest BCUT2D eigenvalue weighted by Gasteiger charge is 2.24. The largest absolute Gasteiger partial charge is 0.478 e. The van der Waals surface area contributed by atoms with Crippen molar-refractivity contribution in [3.63, 3.8) is 0 Å². The highest BCUT2D eigenvalue weighted by Crippen LogP contribution is 2.37. The fourth-order valence-corrected chi connectivity index (χ4v) is 3.76. The van der Waals surface area contributed by atoms with Crippen molar-refractivity contribution in [1.82, 2.24) is 9.97 Å². The van der Waals surface area contributed by atoms with Crippen molar-refractivity contribution in [1.29, 1.82) is 0 Å². The maximum absolute atomic E-state index is 13.1. The third kappa shape index (κ3) is 2.78. The Morgan fingerprint density at radius 2 is 1.77 bits per heavy atom. The first-order chi connectivity index (χ1) is 14.5. The second kappa shape index (κ2) is 6.70. The minimum atomic E-state index is -1.07. The van der Waals surface area contributed by atoms with Crippen molar-refractivity contribution in [3.8, 4) is 22.5 Å². The molecule has 0 aliphatic carbocycles. The van der Waals surface area contributed by atoms with Crippen molar-refractivity contribution in [2.75, 3.05) is 0 Å². The predicted molar refractivity (Wildman–Crippen MR) is 115 cm³/mol. The zero-order chi connectivity index (χ0) is 20.8. The summed E-state index contributed by atoms with van der Waals surface area (Å²) in [4.78, 5) is 32.8. The number of carbonyl (C=O) groups is 1. The summed E-state index contributed by atoms with van der Waals surface area (Å²) < 4.78 is 5.62. The number of aromatic amines is 1. The van der Waals surface area contributed by atoms with Crippen molar-refractivity contribution < 1.29 is 14.3 Å². The molecule has 6 nitrogen and oxygen atoms in total. The fourth-order valence-electron chi connectivity index (χ4n) is 3.76. The molecule has 2 heterocycles. The minimum Gasteiger partial charge on any atom is -0.478 e. The molecular weight excluding hydrogens is 380 g/mol. The number of nitrogens with one attached hydrogen (secondary N) is 1. The van der Waals surface area contributed by atoms with Gasteiger partial charge in [0.15, 0.2) is 0 Å². The van der Waals surface area contributed by atoms with Crippen LogP contribution in [0.3, 0.4) is 0 Å². The first-order valence-electron chi connectivity index (χ1n) is 9.38. The van der Waals surface area contributed by atoms with Crippen molar-refractivity contribution in [3.05, 3.63) is 88.3 Å². The summed E-state index contributed by atoms with van der Waals surface area (Å²) in [5.41, 5.74) is 3.44. The Kier molecular flexibility index (Phi) is 3.99. The van der Waals surface area contributed by atoms with Crippen LogP contribution in [0.25, 0.3) is 44.5 Å². The van der Waals surface area contributed by atoms with Gasteiger partial charge in [-0.3, -0.25) is 0 Å². The molecule has 0 bridgehead atoms. The van der Waals surface area contributed by atoms with Crippen molar-refractivity contribution in [2.45, 2.75) is 6.92 Å². The van der Waals surface area contributed by atoms with E-state index in [1.54, 1.807) is 24.3 Å². The lowest BCUT2D eigenvalue weighted by molar-refractivity contribution is 0.0697. The second-order valence-electron chi connectivity index (χ2n) is 7.09. The van der Waals surface area contributed by atoms with E-state index >= 15 is 0 Å². The average Bonchev–Trinajstić information content (AvgIpc) is 3.16. The van der Waals surface area contributed by atoms with Crippen LogP contribution in [-0.2, 0) is 0 Å². The molecule has 0 amide bonds. The minimum absolute atomic E-state index is 0.0994. The Morgan fingerprint density at radius 1 is 1.00 bits per heavy atom. The zero-order valence-electron chi connectivity index (χ0n) is 16.0. The van der Waals surface area contributed by atoms with E-state index < -0.39 is 11.6 Å². The Labute approximate surface area is 170 Å². The number of imidazole rings is 1. The van der Waals surface area contributed by atoms with Gasteiger partial charge in [0.25, 0.3) is 0 Å². The third-order valence-electron chi connectivity index (χ3n) is 5.12. The van der Waals surface area contributed by atoms with Gasteiger partial charge in [-0.15, -0.1) is 0 Å². The highest BCUT2D eigenvalue weighted by molar-refractivity contribution is 6.06. The lowest BCUT2D eigenvalue weighted by Gasteiger charge is -2.13. The van der Waals surface area contributed by atoms with Crippen LogP contribution in [-0.4, -0.2) is 21.0 Å². The van der Waals surface area contributed by atoms with E-state index in [0.29, 0.717) is 33.4 Å². The van der Waals surface area contributed by atoms with Crippen LogP contribution < -0.4 is 5.63 Å². The lowest BCUT2D eigenvalue weighted by Crippen LogP contribution is -2.09. The van der Waals surface area contributed by atoms with E-state index in [-0.39, 0.29) is 11.1 Å². The molecule has 0 aliphatic heterocycles. The van der Waals surface area contributed by atoms with Gasteiger partial charge in [-0.1, -0.05) is 42.5 Å². The number of H-pyrrole nitrogens is 1. The Morgan fingerprint density at radius 3 is 2.57 bits per heavy atom. The first-order valence-corrected chi connectivity index (χ1v) is 9.38. The number of fused-ring (bicyclic) bond motifs is 2. The molecule has 5 aromatic rings. The molecule has 0 aliphatic rings. The predicted octanol–water partition coefficient (Wildman–Crippen LogP) is 5.01. The van der Waals surface area contributed by atoms with Crippen LogP contribution in [0.5, 0.6) is 0 Å². The van der Waals surface area contributed by atoms with Gasteiger partial charge in [-0.25, -0.2) is 14.6 Å². The van der Waals surface area contributed by atoms with Gasteiger partial charge in [-0.2, -0.15) is 0 Å². The van der Waals surface area contributed by atoms with Gasteiger partial charge in [0.05, 0.1) is 16.6 Å². The Bertz CT molecular complexity index is 1480. The van der Waals surface area contributed by atoms with E-state index in [2.05, 4.69) is 9.97 Å². The molecule has 0 unspecified atom stereocenters. The molecule has 0 spiro atoms. The van der Waals surface area contributed by atoms with E-state index in [1.807, 2.05) is 43.3 Å². The zero-order valence-corrected chi connectivity index (χ0v) is 16.0. The van der Waals surface area contributed by atoms with E-state index in [1.165, 1.54) is 6.07 Å². The molecule has 5 rings (SSSR count). The van der Waals surface area contributed by atoms with Crippen LogP contribution in [0.15, 0.2) is 75.9 Å². The normalized spacial score (nSPS) is 11.2. The van der Waals surface area contributed by atoms with Gasteiger partial charge < -0.3 is 14.5 Å². The van der Waals surface area contributed by atoms with Crippen LogP contribution in [0.1, 0.15) is 15.9 Å². The molecule has 2 aromatic heterocycles. The summed E-state index contributed by atoms with van der Waals surface area (Å²) in [6.07, 6.45) is 0. The highest BCUT2D eigenvalue weighted by atomic mass is 16.4. The maximum atomic E-state index is 13.1. The molecule has 0 atom stereocenters. The van der Waals surface area contributed by atoms with Gasteiger partial charge in [0.1, 0.15) is 17.0 Å². The Hall–Kier alpha value is -4.19. The number of hydrogen-bond donors (Lipinski definition) is 2. The van der Waals surface area contributed by atoms with E-state index in [9.17, 15) is 14.7 Å². The van der Waals surface area contributed by atoms with Crippen LogP contribution >= 0.6 is 0 Å². The number of benzene rings is 3. The summed E-state index contributed by atoms with van der Waals surface area (Å²) in [7, 11) is 0. The number of nitrogens with zero attached hydrogens (tertiary/aromatic N) is 1. The van der Waals surface area contributed by atoms with Crippen LogP contribution in [0, 0.1) is 6.92 Å². The molecule has 3 aromatic carbocycles. The lowest BCUT2D eigenvalue weighted by atomic mass is 9.92. The number of para-hydroxylation sites is 2. The molecule has 0 saturated carbocycles. The summed E-state index contributed by atoms with van der Waals surface area (Å²) in [6.45, 7) is 1.90. The number of rotatable bonds is 3. The molecular formula is C24H16N2O4. The fraction of sp³-hybridized carbons (Fsp3) is 0.0417. The SMILES string of the molecule is Cc1ccc2c(-c3ccccc3C(=O)O)c(-c3nc4ccccc4[nH]3)c(=O)oc2c1. The molecule has 30 heavy (non-hydrogen) atoms. The summed E-state index contributed by atoms with van der Waals surface area (Å²) in [6, 6.07) is 19.6. The molecule has 2 N–H and O–H groups in total. The maximum Gasteiger partial charge on any atom is 0.348 e. The number of hydrogen-bond acceptors (Lipinski definition) is 4. The van der Waals surface area contributed by atoms with Crippen molar-refractivity contribution >= 4 is 28.0 Å². The van der Waals surface area contributed by atoms with E-state index in [0.717, 1.165) is 11.1 Å². The second-order valence-corrected chi connectivity index (χ2v) is 7.09. The number of aryl methyl sites for hydroxylation is 1. The van der Waals surface area contributed by atoms with Crippen molar-refractivity contribution in [2.24, 2.45) is 0 Å². The quantitative estimate of drug-likeness (QED) is 0.418. The average molecular weight is 396 g/mol. The number of carboxylic acids is 1. The number of carboxylic acid groups (broad SMARTS) is 1. The summed E-state index contributed by atoms with van der Waals surface area (Å²) in [5.74, 6) is -0.739. The van der Waals surface area contributed by atoms with Gasteiger partial charge in [-0.05, 0) is 42.3 Å². The van der Waals surface area contributed by atoms with Gasteiger partial charge in [0.2, 0.25) is 0 Å². The third-order valence-corrected chi connectivity index (χ3v) is 5.12. The summed E-state index contributed by atoms with van der Waals surface area (Å²) in [5, 5.41) is 10.4. The monoisotopic (exact) mass is 396 g/mol. The summed E-state index contributed by atoms with van der Waals surface area (Å²) >= 11 is 0. The van der Waals surface area contributed by atoms with Gasteiger partial charge >= 0.3 is 11.6 Å². The molecule has 0 fully saturated rings. The van der Waals surface area contributed by atoms with Gasteiger partial charge in [0, 0.05) is 10.9 Å². The first kappa shape index (κ1) is 17.9. The Balaban J connectivity index is 1.95.